The number of hydrogen-bond donors (Lipinski definition) is 4. The van der Waals surface area contributed by atoms with Crippen molar-refractivity contribution in [1.82, 2.24) is 4.98 Å². The molecule has 1 aromatic heterocycles. The zero-order valence-corrected chi connectivity index (χ0v) is 20.1. The molecule has 0 aliphatic rings. The smallest absolute Gasteiger partial charge is 0.335 e. The van der Waals surface area contributed by atoms with Crippen molar-refractivity contribution in [2.24, 2.45) is 4.99 Å². The lowest BCUT2D eigenvalue weighted by Gasteiger charge is -2.14. The first-order chi connectivity index (χ1) is 18.0. The number of carbonyl (C=O) groups excluding carboxylic acids is 1. The van der Waals surface area contributed by atoms with Crippen LogP contribution in [0.15, 0.2) is 102 Å². The van der Waals surface area contributed by atoms with Gasteiger partial charge in [0, 0.05) is 52.0 Å². The van der Waals surface area contributed by atoms with E-state index in [0.717, 1.165) is 17.1 Å². The molecule has 3 aromatic carbocycles. The highest BCUT2D eigenvalue weighted by Crippen LogP contribution is 2.29. The second-order valence-electron chi connectivity index (χ2n) is 7.99. The van der Waals surface area contributed by atoms with Crippen LogP contribution < -0.4 is 16.0 Å². The van der Waals surface area contributed by atoms with Gasteiger partial charge in [-0.25, -0.2) is 4.79 Å². The summed E-state index contributed by atoms with van der Waals surface area (Å²) >= 11 is 0. The number of carboxylic acids is 1. The van der Waals surface area contributed by atoms with Crippen molar-refractivity contribution in [3.05, 3.63) is 114 Å². The second-order valence-corrected chi connectivity index (χ2v) is 7.99. The van der Waals surface area contributed by atoms with E-state index in [2.05, 4.69) is 32.6 Å². The van der Waals surface area contributed by atoms with Gasteiger partial charge < -0.3 is 21.1 Å². The fourth-order valence-electron chi connectivity index (χ4n) is 3.62. The molecule has 0 fully saturated rings. The number of amides is 1. The molecule has 37 heavy (non-hydrogen) atoms. The highest BCUT2D eigenvalue weighted by molar-refractivity contribution is 6.04. The summed E-state index contributed by atoms with van der Waals surface area (Å²) in [6.07, 6.45) is 5.25. The Labute approximate surface area is 214 Å². The summed E-state index contributed by atoms with van der Waals surface area (Å²) in [5.41, 5.74) is 5.70. The predicted octanol–water partition coefficient (Wildman–Crippen LogP) is 6.58. The van der Waals surface area contributed by atoms with Crippen LogP contribution in [-0.4, -0.2) is 28.7 Å². The number of nitrogens with zero attached hydrogens (tertiary/aromatic N) is 2. The normalized spacial score (nSPS) is 10.9. The van der Waals surface area contributed by atoms with Gasteiger partial charge in [-0.15, -0.1) is 0 Å². The van der Waals surface area contributed by atoms with Crippen molar-refractivity contribution in [3.8, 4) is 0 Å². The third-order valence-electron chi connectivity index (χ3n) is 5.53. The molecule has 8 heteroatoms. The van der Waals surface area contributed by atoms with Crippen molar-refractivity contribution in [3.63, 3.8) is 0 Å². The van der Waals surface area contributed by atoms with Crippen LogP contribution in [0.4, 0.5) is 28.4 Å². The molecular formula is C29H25N5O3. The van der Waals surface area contributed by atoms with Gasteiger partial charge in [0.25, 0.3) is 5.91 Å². The van der Waals surface area contributed by atoms with E-state index in [1.165, 1.54) is 6.07 Å². The minimum absolute atomic E-state index is 0.150. The van der Waals surface area contributed by atoms with Crippen LogP contribution >= 0.6 is 0 Å². The Hall–Kier alpha value is -5.24. The SMILES string of the molecule is C=Nc1ccc(C(=O)O)cc1/C(=C\C)Nc1ccc(C(=O)Nc2ccc(Nc3ccncc3)cc2)cc1. The number of nitrogens with one attached hydrogen (secondary N) is 3. The van der Waals surface area contributed by atoms with Crippen LogP contribution in [0.3, 0.4) is 0 Å². The number of rotatable bonds is 9. The van der Waals surface area contributed by atoms with Crippen LogP contribution in [0.2, 0.25) is 0 Å². The van der Waals surface area contributed by atoms with Crippen LogP contribution in [0.25, 0.3) is 5.70 Å². The van der Waals surface area contributed by atoms with E-state index in [0.29, 0.717) is 28.2 Å². The number of anilines is 4. The van der Waals surface area contributed by atoms with Crippen molar-refractivity contribution in [2.45, 2.75) is 6.92 Å². The van der Waals surface area contributed by atoms with E-state index in [1.54, 1.807) is 48.8 Å². The van der Waals surface area contributed by atoms with Crippen LogP contribution in [0.5, 0.6) is 0 Å². The number of hydrogen-bond acceptors (Lipinski definition) is 6. The third-order valence-corrected chi connectivity index (χ3v) is 5.53. The van der Waals surface area contributed by atoms with E-state index in [4.69, 9.17) is 0 Å². The molecule has 0 atom stereocenters. The summed E-state index contributed by atoms with van der Waals surface area (Å²) in [4.78, 5) is 32.2. The Balaban J connectivity index is 1.42. The molecule has 0 bridgehead atoms. The number of aromatic nitrogens is 1. The van der Waals surface area contributed by atoms with E-state index in [-0.39, 0.29) is 11.5 Å². The van der Waals surface area contributed by atoms with Gasteiger partial charge in [0.1, 0.15) is 0 Å². The Morgan fingerprint density at radius 2 is 1.38 bits per heavy atom. The average Bonchev–Trinajstić information content (AvgIpc) is 2.93. The van der Waals surface area contributed by atoms with E-state index in [9.17, 15) is 14.7 Å². The monoisotopic (exact) mass is 491 g/mol. The van der Waals surface area contributed by atoms with Crippen LogP contribution in [-0.2, 0) is 0 Å². The van der Waals surface area contributed by atoms with Crippen LogP contribution in [0, 0.1) is 0 Å². The molecule has 184 valence electrons. The fourth-order valence-corrected chi connectivity index (χ4v) is 3.62. The van der Waals surface area contributed by atoms with Gasteiger partial charge in [0.2, 0.25) is 0 Å². The number of carboxylic acid groups (broad SMARTS) is 1. The highest BCUT2D eigenvalue weighted by Gasteiger charge is 2.12. The van der Waals surface area contributed by atoms with E-state index >= 15 is 0 Å². The summed E-state index contributed by atoms with van der Waals surface area (Å²) in [6, 6.07) is 22.8. The molecule has 0 saturated heterocycles. The number of allylic oxidation sites excluding steroid dienone is 1. The summed E-state index contributed by atoms with van der Waals surface area (Å²) in [7, 11) is 0. The molecule has 0 radical (unpaired) electrons. The number of aliphatic imine (C=N–C) groups is 1. The number of carbonyl (C=O) groups is 2. The van der Waals surface area contributed by atoms with Gasteiger partial charge in [-0.1, -0.05) is 6.08 Å². The number of pyridine rings is 1. The summed E-state index contributed by atoms with van der Waals surface area (Å²) in [6.45, 7) is 5.41. The molecule has 0 spiro atoms. The first-order valence-corrected chi connectivity index (χ1v) is 11.4. The van der Waals surface area contributed by atoms with Gasteiger partial charge >= 0.3 is 5.97 Å². The maximum atomic E-state index is 12.7. The van der Waals surface area contributed by atoms with Gasteiger partial charge in [-0.05, 0) is 92.5 Å². The van der Waals surface area contributed by atoms with Crippen molar-refractivity contribution < 1.29 is 14.7 Å². The molecule has 0 aliphatic heterocycles. The number of benzene rings is 3. The van der Waals surface area contributed by atoms with Gasteiger partial charge in [-0.3, -0.25) is 14.8 Å². The molecule has 4 N–H and O–H groups in total. The van der Waals surface area contributed by atoms with Gasteiger partial charge in [0.15, 0.2) is 0 Å². The lowest BCUT2D eigenvalue weighted by Crippen LogP contribution is -2.11. The highest BCUT2D eigenvalue weighted by atomic mass is 16.4. The van der Waals surface area contributed by atoms with Gasteiger partial charge in [0.05, 0.1) is 11.3 Å². The zero-order valence-electron chi connectivity index (χ0n) is 20.1. The molecule has 4 aromatic rings. The standard InChI is InChI=1S/C29H25N5O3/c1-3-26(25-18-20(29(36)37)6-13-27(25)30-2)33-22-7-4-19(5-8-22)28(35)34-23-11-9-21(10-12-23)32-24-14-16-31-17-15-24/h3-18,33H,2H2,1H3,(H,31,32)(H,34,35)(H,36,37)/b26-3+. The first-order valence-electron chi connectivity index (χ1n) is 11.4. The van der Waals surface area contributed by atoms with E-state index in [1.807, 2.05) is 49.4 Å². The topological polar surface area (TPSA) is 116 Å². The number of aromatic carboxylic acids is 1. The minimum Gasteiger partial charge on any atom is -0.478 e. The first kappa shape index (κ1) is 24.9. The second kappa shape index (κ2) is 11.5. The lowest BCUT2D eigenvalue weighted by molar-refractivity contribution is 0.0696. The largest absolute Gasteiger partial charge is 0.478 e. The zero-order chi connectivity index (χ0) is 26.2. The third kappa shape index (κ3) is 6.26. The molecule has 0 saturated carbocycles. The quantitative estimate of drug-likeness (QED) is 0.197. The molecule has 1 heterocycles. The molecule has 0 unspecified atom stereocenters. The summed E-state index contributed by atoms with van der Waals surface area (Å²) < 4.78 is 0. The van der Waals surface area contributed by atoms with E-state index < -0.39 is 5.97 Å². The Morgan fingerprint density at radius 3 is 2.00 bits per heavy atom. The molecule has 1 amide bonds. The van der Waals surface area contributed by atoms with Crippen LogP contribution in [0.1, 0.15) is 33.2 Å². The molecule has 8 nitrogen and oxygen atoms in total. The Kier molecular flexibility index (Phi) is 7.70. The molecule has 0 aliphatic carbocycles. The van der Waals surface area contributed by atoms with Gasteiger partial charge in [-0.2, -0.15) is 0 Å². The van der Waals surface area contributed by atoms with Crippen molar-refractivity contribution in [1.29, 1.82) is 0 Å². The summed E-state index contributed by atoms with van der Waals surface area (Å²) in [5, 5.41) is 18.8. The average molecular weight is 492 g/mol. The lowest BCUT2D eigenvalue weighted by atomic mass is 10.0. The molecular weight excluding hydrogens is 466 g/mol. The maximum Gasteiger partial charge on any atom is 0.335 e. The fraction of sp³-hybridized carbons (Fsp3) is 0.0345. The van der Waals surface area contributed by atoms with Crippen molar-refractivity contribution in [2.75, 3.05) is 16.0 Å². The minimum atomic E-state index is -1.03. The summed E-state index contributed by atoms with van der Waals surface area (Å²) in [5.74, 6) is -1.26. The Morgan fingerprint density at radius 1 is 0.811 bits per heavy atom. The Bertz CT molecular complexity index is 1450. The molecule has 4 rings (SSSR count). The predicted molar refractivity (Wildman–Crippen MR) is 148 cm³/mol. The van der Waals surface area contributed by atoms with Crippen molar-refractivity contribution >= 4 is 52.7 Å². The maximum absolute atomic E-state index is 12.7.